The van der Waals surface area contributed by atoms with Crippen LogP contribution in [0.2, 0.25) is 0 Å². The van der Waals surface area contributed by atoms with Crippen molar-refractivity contribution >= 4 is 23.2 Å². The molecule has 0 radical (unpaired) electrons. The molecule has 0 aromatic heterocycles. The predicted octanol–water partition coefficient (Wildman–Crippen LogP) is 5.01. The molecule has 0 N–H and O–H groups in total. The third kappa shape index (κ3) is 1.54. The zero-order chi connectivity index (χ0) is 13.0. The molecular weight excluding hydrogens is 275 g/mol. The van der Waals surface area contributed by atoms with E-state index in [4.69, 9.17) is 23.2 Å². The molecule has 0 saturated carbocycles. The maximum atomic E-state index is 6.62. The van der Waals surface area contributed by atoms with Crippen LogP contribution in [0.3, 0.4) is 0 Å². The van der Waals surface area contributed by atoms with Crippen LogP contribution in [0, 0.1) is 0 Å². The molecule has 94 valence electrons. The number of hydrogen-bond acceptors (Lipinski definition) is 0. The molecule has 0 spiro atoms. The van der Waals surface area contributed by atoms with Crippen molar-refractivity contribution in [1.29, 1.82) is 0 Å². The number of allylic oxidation sites excluding steroid dienone is 2. The molecule has 2 bridgehead atoms. The van der Waals surface area contributed by atoms with E-state index in [0.29, 0.717) is 0 Å². The van der Waals surface area contributed by atoms with Gasteiger partial charge < -0.3 is 0 Å². The summed E-state index contributed by atoms with van der Waals surface area (Å²) < 4.78 is 0. The molecule has 0 heterocycles. The van der Waals surface area contributed by atoms with E-state index >= 15 is 0 Å². The van der Waals surface area contributed by atoms with Crippen LogP contribution in [0.4, 0.5) is 0 Å². The predicted molar refractivity (Wildman–Crippen MR) is 80.1 cm³/mol. The Kier molecular flexibility index (Phi) is 2.51. The summed E-state index contributed by atoms with van der Waals surface area (Å²) in [7, 11) is 0. The number of rotatable bonds is 0. The van der Waals surface area contributed by atoms with Gasteiger partial charge in [0.2, 0.25) is 0 Å². The van der Waals surface area contributed by atoms with Gasteiger partial charge in [0.15, 0.2) is 0 Å². The lowest BCUT2D eigenvalue weighted by Gasteiger charge is -2.31. The van der Waals surface area contributed by atoms with Gasteiger partial charge >= 0.3 is 0 Å². The first-order valence-corrected chi connectivity index (χ1v) is 7.28. The monoisotopic (exact) mass is 286 g/mol. The Morgan fingerprint density at radius 3 is 1.74 bits per heavy atom. The topological polar surface area (TPSA) is 0 Å². The Labute approximate surface area is 122 Å². The van der Waals surface area contributed by atoms with Gasteiger partial charge in [0.05, 0.1) is 5.38 Å². The summed E-state index contributed by atoms with van der Waals surface area (Å²) >= 11 is 13.0. The summed E-state index contributed by atoms with van der Waals surface area (Å²) in [5, 5.41) is 0.598. The lowest BCUT2D eigenvalue weighted by atomic mass is 9.74. The number of benzene rings is 2. The van der Waals surface area contributed by atoms with Crippen LogP contribution >= 0.6 is 23.2 Å². The largest absolute Gasteiger partial charge is 0.116 e. The highest BCUT2D eigenvalue weighted by atomic mass is 35.5. The molecule has 3 aliphatic rings. The first-order valence-electron chi connectivity index (χ1n) is 6.46. The summed E-state index contributed by atoms with van der Waals surface area (Å²) in [6.45, 7) is 0. The molecule has 0 amide bonds. The number of hydrogen-bond donors (Lipinski definition) is 0. The normalized spacial score (nSPS) is 27.3. The molecule has 0 fully saturated rings. The third-order valence-electron chi connectivity index (χ3n) is 4.21. The van der Waals surface area contributed by atoms with E-state index in [1.165, 1.54) is 22.3 Å². The van der Waals surface area contributed by atoms with E-state index in [1.807, 2.05) is 0 Å². The van der Waals surface area contributed by atoms with E-state index in [1.54, 1.807) is 0 Å². The van der Waals surface area contributed by atoms with Crippen molar-refractivity contribution in [3.63, 3.8) is 0 Å². The molecule has 19 heavy (non-hydrogen) atoms. The van der Waals surface area contributed by atoms with E-state index in [0.717, 1.165) is 5.03 Å². The van der Waals surface area contributed by atoms with Crippen LogP contribution in [-0.2, 0) is 0 Å². The van der Waals surface area contributed by atoms with Crippen molar-refractivity contribution in [3.05, 3.63) is 81.9 Å². The number of halogens is 2. The van der Waals surface area contributed by atoms with Gasteiger partial charge in [-0.15, -0.1) is 11.6 Å². The van der Waals surface area contributed by atoms with E-state index in [9.17, 15) is 0 Å². The number of fused-ring (bicyclic) bond motifs is 1. The van der Waals surface area contributed by atoms with Crippen LogP contribution in [0.5, 0.6) is 0 Å². The molecule has 2 aromatic carbocycles. The number of alkyl halides is 1. The van der Waals surface area contributed by atoms with Gasteiger partial charge in [0.25, 0.3) is 0 Å². The van der Waals surface area contributed by atoms with Gasteiger partial charge in [-0.2, -0.15) is 0 Å². The lowest BCUT2D eigenvalue weighted by molar-refractivity contribution is 0.783. The van der Waals surface area contributed by atoms with Crippen LogP contribution in [0.25, 0.3) is 0 Å². The van der Waals surface area contributed by atoms with Gasteiger partial charge in [0.1, 0.15) is 0 Å². The van der Waals surface area contributed by atoms with E-state index in [2.05, 4.69) is 54.6 Å². The summed E-state index contributed by atoms with van der Waals surface area (Å²) in [6, 6.07) is 17.1. The average molecular weight is 287 g/mol. The molecule has 0 saturated heterocycles. The fraction of sp³-hybridized carbons (Fsp3) is 0.176. The highest BCUT2D eigenvalue weighted by molar-refractivity contribution is 6.38. The van der Waals surface area contributed by atoms with Crippen molar-refractivity contribution in [3.8, 4) is 0 Å². The fourth-order valence-electron chi connectivity index (χ4n) is 3.39. The molecule has 3 aliphatic carbocycles. The van der Waals surface area contributed by atoms with Crippen LogP contribution in [0.1, 0.15) is 34.1 Å². The van der Waals surface area contributed by atoms with Gasteiger partial charge in [-0.05, 0) is 22.3 Å². The second-order valence-electron chi connectivity index (χ2n) is 5.17. The Morgan fingerprint density at radius 1 is 0.737 bits per heavy atom. The quantitative estimate of drug-likeness (QED) is 0.598. The zero-order valence-corrected chi connectivity index (χ0v) is 11.7. The van der Waals surface area contributed by atoms with Gasteiger partial charge in [-0.25, -0.2) is 0 Å². The van der Waals surface area contributed by atoms with Gasteiger partial charge in [0, 0.05) is 16.9 Å². The Hall–Kier alpha value is -1.24. The first kappa shape index (κ1) is 11.6. The van der Waals surface area contributed by atoms with Crippen molar-refractivity contribution < 1.29 is 0 Å². The van der Waals surface area contributed by atoms with Crippen molar-refractivity contribution in [2.75, 3.05) is 0 Å². The lowest BCUT2D eigenvalue weighted by Crippen LogP contribution is -2.20. The van der Waals surface area contributed by atoms with Crippen LogP contribution in [-0.4, -0.2) is 5.38 Å². The highest BCUT2D eigenvalue weighted by Crippen LogP contribution is 2.51. The Balaban J connectivity index is 2.09. The minimum absolute atomic E-state index is 0.163. The third-order valence-corrected chi connectivity index (χ3v) is 5.17. The second kappa shape index (κ2) is 4.13. The van der Waals surface area contributed by atoms with Gasteiger partial charge in [-0.3, -0.25) is 0 Å². The molecule has 2 aromatic rings. The molecule has 5 rings (SSSR count). The molecule has 0 nitrogen and oxygen atoms in total. The minimum Gasteiger partial charge on any atom is -0.116 e. The average Bonchev–Trinajstić information content (AvgIpc) is 2.63. The molecule has 0 aliphatic heterocycles. The van der Waals surface area contributed by atoms with Crippen LogP contribution < -0.4 is 0 Å². The summed E-state index contributed by atoms with van der Waals surface area (Å²) in [4.78, 5) is 0. The molecule has 1 atom stereocenters. The standard InChI is InChI=1S/C17H12Cl2/c18-15-9-14-10-5-1-3-7-12(10)16(17(15)19)13-8-4-2-6-11(13)14/h1-9,14,16-17H. The van der Waals surface area contributed by atoms with Crippen LogP contribution in [0.15, 0.2) is 59.6 Å². The van der Waals surface area contributed by atoms with Crippen molar-refractivity contribution in [1.82, 2.24) is 0 Å². The van der Waals surface area contributed by atoms with E-state index in [-0.39, 0.29) is 17.2 Å². The fourth-order valence-corrected chi connectivity index (χ4v) is 3.99. The maximum Gasteiger partial charge on any atom is 0.0798 e. The van der Waals surface area contributed by atoms with Gasteiger partial charge in [-0.1, -0.05) is 66.2 Å². The van der Waals surface area contributed by atoms with Crippen molar-refractivity contribution in [2.45, 2.75) is 17.2 Å². The molecule has 1 unspecified atom stereocenters. The highest BCUT2D eigenvalue weighted by Gasteiger charge is 2.39. The van der Waals surface area contributed by atoms with E-state index < -0.39 is 0 Å². The zero-order valence-electron chi connectivity index (χ0n) is 10.2. The summed E-state index contributed by atoms with van der Waals surface area (Å²) in [6.07, 6.45) is 2.11. The molecular formula is C17H12Cl2. The smallest absolute Gasteiger partial charge is 0.0798 e. The summed E-state index contributed by atoms with van der Waals surface area (Å²) in [5.41, 5.74) is 5.32. The SMILES string of the molecule is ClC1=CC2c3ccccc3C(c3ccccc32)C1Cl. The first-order chi connectivity index (χ1) is 9.27. The molecule has 2 heteroatoms. The second-order valence-corrected chi connectivity index (χ2v) is 6.07. The Bertz CT molecular complexity index is 640. The summed E-state index contributed by atoms with van der Waals surface area (Å²) in [5.74, 6) is 0.400. The maximum absolute atomic E-state index is 6.62. The van der Waals surface area contributed by atoms with Crippen molar-refractivity contribution in [2.24, 2.45) is 0 Å². The minimum atomic E-state index is -0.170. The Morgan fingerprint density at radius 2 is 1.21 bits per heavy atom.